The number of rotatable bonds is 5. The van der Waals surface area contributed by atoms with Gasteiger partial charge < -0.3 is 14.8 Å². The molecule has 0 bridgehead atoms. The fraction of sp³-hybridized carbons (Fsp3) is 0.667. The minimum Gasteiger partial charge on any atom is -0.491 e. The Morgan fingerprint density at radius 3 is 2.62 bits per heavy atom. The molecule has 0 aliphatic carbocycles. The molecule has 0 spiro atoms. The average molecular weight is 291 g/mol. The van der Waals surface area contributed by atoms with Crippen molar-refractivity contribution >= 4 is 0 Å². The highest BCUT2D eigenvalue weighted by Crippen LogP contribution is 2.32. The van der Waals surface area contributed by atoms with Crippen molar-refractivity contribution in [1.82, 2.24) is 5.32 Å². The van der Waals surface area contributed by atoms with Gasteiger partial charge in [-0.2, -0.15) is 0 Å². The predicted octanol–water partition coefficient (Wildman–Crippen LogP) is 3.44. The van der Waals surface area contributed by atoms with Crippen molar-refractivity contribution in [2.24, 2.45) is 0 Å². The van der Waals surface area contributed by atoms with Crippen LogP contribution in [-0.4, -0.2) is 32.4 Å². The van der Waals surface area contributed by atoms with E-state index in [2.05, 4.69) is 51.2 Å². The molecule has 1 aliphatic rings. The molecule has 21 heavy (non-hydrogen) atoms. The Bertz CT molecular complexity index is 465. The van der Waals surface area contributed by atoms with Crippen LogP contribution in [0.25, 0.3) is 0 Å². The molecule has 1 aromatic carbocycles. The van der Waals surface area contributed by atoms with Crippen LogP contribution in [0.3, 0.4) is 0 Å². The van der Waals surface area contributed by atoms with Gasteiger partial charge in [0.2, 0.25) is 0 Å². The van der Waals surface area contributed by atoms with Crippen molar-refractivity contribution in [3.63, 3.8) is 0 Å². The minimum absolute atomic E-state index is 0.0915. The summed E-state index contributed by atoms with van der Waals surface area (Å²) >= 11 is 0. The number of nitrogens with one attached hydrogen (secondary N) is 1. The maximum Gasteiger partial charge on any atom is 0.123 e. The van der Waals surface area contributed by atoms with Gasteiger partial charge in [-0.25, -0.2) is 0 Å². The monoisotopic (exact) mass is 291 g/mol. The number of hydrogen-bond donors (Lipinski definition) is 1. The topological polar surface area (TPSA) is 30.5 Å². The van der Waals surface area contributed by atoms with Gasteiger partial charge in [-0.05, 0) is 49.4 Å². The van der Waals surface area contributed by atoms with Crippen molar-refractivity contribution in [1.29, 1.82) is 0 Å². The average Bonchev–Trinajstić information content (AvgIpc) is 2.83. The maximum atomic E-state index is 6.11. The van der Waals surface area contributed by atoms with Crippen molar-refractivity contribution in [2.75, 3.05) is 20.2 Å². The van der Waals surface area contributed by atoms with E-state index in [1.165, 1.54) is 11.1 Å². The summed E-state index contributed by atoms with van der Waals surface area (Å²) in [6, 6.07) is 6.48. The molecule has 2 atom stereocenters. The molecule has 0 aromatic heterocycles. The van der Waals surface area contributed by atoms with Gasteiger partial charge >= 0.3 is 0 Å². The first-order chi connectivity index (χ1) is 9.90. The van der Waals surface area contributed by atoms with E-state index in [0.29, 0.717) is 12.7 Å². The summed E-state index contributed by atoms with van der Waals surface area (Å²) in [7, 11) is 1.97. The van der Waals surface area contributed by atoms with Crippen molar-refractivity contribution < 1.29 is 9.47 Å². The lowest BCUT2D eigenvalue weighted by Gasteiger charge is -2.24. The Hall–Kier alpha value is -1.06. The van der Waals surface area contributed by atoms with E-state index in [1.807, 2.05) is 7.05 Å². The lowest BCUT2D eigenvalue weighted by atomic mass is 9.86. The molecule has 118 valence electrons. The molecule has 3 nitrogen and oxygen atoms in total. The minimum atomic E-state index is 0.0915. The van der Waals surface area contributed by atoms with Gasteiger partial charge in [0.1, 0.15) is 12.4 Å². The molecule has 1 aromatic rings. The van der Waals surface area contributed by atoms with Crippen LogP contribution in [-0.2, 0) is 10.2 Å². The van der Waals surface area contributed by atoms with Gasteiger partial charge in [-0.1, -0.05) is 32.9 Å². The van der Waals surface area contributed by atoms with E-state index in [-0.39, 0.29) is 11.5 Å². The molecular weight excluding hydrogens is 262 g/mol. The zero-order valence-electron chi connectivity index (χ0n) is 14.0. The molecule has 0 saturated carbocycles. The summed E-state index contributed by atoms with van der Waals surface area (Å²) in [4.78, 5) is 0. The Kier molecular flexibility index (Phi) is 5.28. The summed E-state index contributed by atoms with van der Waals surface area (Å²) in [5, 5.41) is 3.17. The van der Waals surface area contributed by atoms with Crippen molar-refractivity contribution in [2.45, 2.75) is 58.2 Å². The van der Waals surface area contributed by atoms with E-state index < -0.39 is 0 Å². The smallest absolute Gasteiger partial charge is 0.123 e. The number of benzene rings is 1. The second-order valence-electron chi connectivity index (χ2n) is 7.08. The molecule has 1 heterocycles. The molecule has 1 fully saturated rings. The summed E-state index contributed by atoms with van der Waals surface area (Å²) in [5.41, 5.74) is 2.59. The third-order valence-corrected chi connectivity index (χ3v) is 4.00. The summed E-state index contributed by atoms with van der Waals surface area (Å²) in [6.45, 7) is 10.3. The van der Waals surface area contributed by atoms with E-state index in [9.17, 15) is 0 Å². The second kappa shape index (κ2) is 6.80. The van der Waals surface area contributed by atoms with Gasteiger partial charge in [-0.3, -0.25) is 0 Å². The Labute approximate surface area is 129 Å². The van der Waals surface area contributed by atoms with Gasteiger partial charge in [-0.15, -0.1) is 0 Å². The van der Waals surface area contributed by atoms with Gasteiger partial charge in [0.25, 0.3) is 0 Å². The third kappa shape index (κ3) is 4.45. The molecular formula is C18H29NO2. The fourth-order valence-corrected chi connectivity index (χ4v) is 2.83. The zero-order valence-corrected chi connectivity index (χ0v) is 14.0. The summed E-state index contributed by atoms with van der Waals surface area (Å²) in [5.74, 6) is 1.00. The molecule has 2 unspecified atom stereocenters. The molecule has 0 radical (unpaired) electrons. The van der Waals surface area contributed by atoms with Crippen LogP contribution >= 0.6 is 0 Å². The highest BCUT2D eigenvalue weighted by molar-refractivity contribution is 5.41. The number of ether oxygens (including phenoxy) is 2. The van der Waals surface area contributed by atoms with Crippen LogP contribution in [0.1, 0.15) is 44.7 Å². The lowest BCUT2D eigenvalue weighted by molar-refractivity contribution is 0.0190. The Balaban J connectivity index is 1.99. The second-order valence-corrected chi connectivity index (χ2v) is 7.08. The van der Waals surface area contributed by atoms with E-state index in [0.717, 1.165) is 25.1 Å². The highest BCUT2D eigenvalue weighted by atomic mass is 16.5. The largest absolute Gasteiger partial charge is 0.491 e. The number of likely N-dealkylation sites (N-methyl/N-ethyl adjacent to an activating group) is 1. The van der Waals surface area contributed by atoms with Gasteiger partial charge in [0, 0.05) is 6.54 Å². The standard InChI is InChI=1S/C18H29NO2/c1-13-6-9-16(18(2,3)4)17(10-13)20-12-15-8-7-14(21-15)11-19-5/h6,9-10,14-15,19H,7-8,11-12H2,1-5H3. The molecule has 3 heteroatoms. The van der Waals surface area contributed by atoms with Crippen LogP contribution in [0.4, 0.5) is 0 Å². The number of hydrogen-bond acceptors (Lipinski definition) is 3. The van der Waals surface area contributed by atoms with E-state index in [1.54, 1.807) is 0 Å². The predicted molar refractivity (Wildman–Crippen MR) is 87.2 cm³/mol. The Morgan fingerprint density at radius 1 is 1.24 bits per heavy atom. The quantitative estimate of drug-likeness (QED) is 0.901. The SMILES string of the molecule is CNCC1CCC(COc2cc(C)ccc2C(C)(C)C)O1. The summed E-state index contributed by atoms with van der Waals surface area (Å²) in [6.07, 6.45) is 2.76. The van der Waals surface area contributed by atoms with Crippen molar-refractivity contribution in [3.05, 3.63) is 29.3 Å². The van der Waals surface area contributed by atoms with Crippen LogP contribution in [0.5, 0.6) is 5.75 Å². The van der Waals surface area contributed by atoms with Gasteiger partial charge in [0.05, 0.1) is 12.2 Å². The number of aryl methyl sites for hydroxylation is 1. The van der Waals surface area contributed by atoms with E-state index in [4.69, 9.17) is 9.47 Å². The first-order valence-electron chi connectivity index (χ1n) is 7.94. The zero-order chi connectivity index (χ0) is 15.5. The van der Waals surface area contributed by atoms with Crippen LogP contribution in [0, 0.1) is 6.92 Å². The molecule has 1 saturated heterocycles. The van der Waals surface area contributed by atoms with Crippen LogP contribution < -0.4 is 10.1 Å². The molecule has 1 N–H and O–H groups in total. The first kappa shape index (κ1) is 16.3. The molecule has 0 amide bonds. The normalized spacial score (nSPS) is 22.5. The third-order valence-electron chi connectivity index (χ3n) is 4.00. The Morgan fingerprint density at radius 2 is 1.95 bits per heavy atom. The molecule has 1 aliphatic heterocycles. The maximum absolute atomic E-state index is 6.11. The summed E-state index contributed by atoms with van der Waals surface area (Å²) < 4.78 is 12.1. The van der Waals surface area contributed by atoms with E-state index >= 15 is 0 Å². The molecule has 2 rings (SSSR count). The van der Waals surface area contributed by atoms with Crippen LogP contribution in [0.15, 0.2) is 18.2 Å². The van der Waals surface area contributed by atoms with Crippen molar-refractivity contribution in [3.8, 4) is 5.75 Å². The lowest BCUT2D eigenvalue weighted by Crippen LogP contribution is -2.26. The first-order valence-corrected chi connectivity index (χ1v) is 7.94. The van der Waals surface area contributed by atoms with Crippen LogP contribution in [0.2, 0.25) is 0 Å². The van der Waals surface area contributed by atoms with Gasteiger partial charge in [0.15, 0.2) is 0 Å². The fourth-order valence-electron chi connectivity index (χ4n) is 2.83. The highest BCUT2D eigenvalue weighted by Gasteiger charge is 2.26.